The van der Waals surface area contributed by atoms with Gasteiger partial charge in [0.15, 0.2) is 0 Å². The zero-order valence-corrected chi connectivity index (χ0v) is 5.39. The van der Waals surface area contributed by atoms with Crippen molar-refractivity contribution in [3.8, 4) is 0 Å². The first kappa shape index (κ1) is 5.21. The summed E-state index contributed by atoms with van der Waals surface area (Å²) in [6.07, 6.45) is 2.89. The molecule has 2 atom stereocenters. The van der Waals surface area contributed by atoms with E-state index in [0.29, 0.717) is 17.6 Å². The van der Waals surface area contributed by atoms with Crippen LogP contribution in [0, 0.1) is 11.8 Å². The molecule has 2 aliphatic carbocycles. The number of Topliss-reactive ketones (excluding diaryl/α,β-unsaturated/α-hetero) is 1. The van der Waals surface area contributed by atoms with E-state index in [2.05, 4.69) is 6.58 Å². The molecule has 2 fully saturated rings. The molecule has 48 valence electrons. The normalized spacial score (nSPS) is 40.4. The first-order chi connectivity index (χ1) is 4.29. The highest BCUT2D eigenvalue weighted by atomic mass is 16.1. The summed E-state index contributed by atoms with van der Waals surface area (Å²) in [5, 5.41) is 0. The second kappa shape index (κ2) is 1.47. The highest BCUT2D eigenvalue weighted by Gasteiger charge is 2.43. The van der Waals surface area contributed by atoms with Gasteiger partial charge in [-0.05, 0) is 18.8 Å². The number of rotatable bonds is 0. The van der Waals surface area contributed by atoms with Crippen LogP contribution >= 0.6 is 0 Å². The molecule has 0 aromatic carbocycles. The Bertz CT molecular complexity index is 181. The second-order valence-corrected chi connectivity index (χ2v) is 3.08. The molecule has 9 heavy (non-hydrogen) atoms. The fourth-order valence-corrected chi connectivity index (χ4v) is 1.93. The molecule has 0 radical (unpaired) electrons. The summed E-state index contributed by atoms with van der Waals surface area (Å²) in [4.78, 5) is 10.9. The summed E-state index contributed by atoms with van der Waals surface area (Å²) in [5.74, 6) is 1.47. The van der Waals surface area contributed by atoms with Gasteiger partial charge in [0.05, 0.1) is 0 Å². The Hall–Kier alpha value is -0.590. The lowest BCUT2D eigenvalue weighted by Crippen LogP contribution is -2.27. The Morgan fingerprint density at radius 1 is 1.44 bits per heavy atom. The van der Waals surface area contributed by atoms with Crippen LogP contribution in [0.25, 0.3) is 0 Å². The lowest BCUT2D eigenvalue weighted by Gasteiger charge is -2.31. The molecule has 0 heterocycles. The van der Waals surface area contributed by atoms with Crippen LogP contribution < -0.4 is 0 Å². The molecule has 2 rings (SSSR count). The number of ketones is 1. The van der Waals surface area contributed by atoms with E-state index in [4.69, 9.17) is 0 Å². The van der Waals surface area contributed by atoms with Gasteiger partial charge in [-0.1, -0.05) is 12.2 Å². The first-order valence-corrected chi connectivity index (χ1v) is 3.49. The fourth-order valence-electron chi connectivity index (χ4n) is 1.93. The number of hydrogen-bond donors (Lipinski definition) is 0. The predicted molar refractivity (Wildman–Crippen MR) is 35.0 cm³/mol. The lowest BCUT2D eigenvalue weighted by molar-refractivity contribution is -0.122. The van der Waals surface area contributed by atoms with Gasteiger partial charge >= 0.3 is 0 Å². The minimum atomic E-state index is 0.400. The maximum Gasteiger partial charge on any atom is 0.136 e. The molecule has 0 aliphatic heterocycles. The van der Waals surface area contributed by atoms with Crippen molar-refractivity contribution >= 4 is 5.78 Å². The molecule has 2 aliphatic rings. The van der Waals surface area contributed by atoms with E-state index in [9.17, 15) is 4.79 Å². The van der Waals surface area contributed by atoms with Gasteiger partial charge in [-0.15, -0.1) is 0 Å². The van der Waals surface area contributed by atoms with Gasteiger partial charge in [-0.3, -0.25) is 4.79 Å². The van der Waals surface area contributed by atoms with Crippen molar-refractivity contribution in [1.29, 1.82) is 0 Å². The van der Waals surface area contributed by atoms with Crippen molar-refractivity contribution in [2.75, 3.05) is 0 Å². The van der Waals surface area contributed by atoms with Gasteiger partial charge in [0.1, 0.15) is 5.78 Å². The summed E-state index contributed by atoms with van der Waals surface area (Å²) >= 11 is 0. The van der Waals surface area contributed by atoms with Crippen LogP contribution in [-0.4, -0.2) is 5.78 Å². The summed E-state index contributed by atoms with van der Waals surface area (Å²) in [5.41, 5.74) is 1.31. The van der Waals surface area contributed by atoms with E-state index in [0.717, 1.165) is 19.3 Å². The number of carbonyl (C=O) groups excluding carboxylic acids is 1. The minimum absolute atomic E-state index is 0.400. The van der Waals surface area contributed by atoms with Gasteiger partial charge in [-0.25, -0.2) is 0 Å². The number of hydrogen-bond acceptors (Lipinski definition) is 1. The molecule has 0 aromatic heterocycles. The van der Waals surface area contributed by atoms with E-state index in [-0.39, 0.29) is 0 Å². The molecule has 0 bridgehead atoms. The number of fused-ring (bicyclic) bond motifs is 1. The number of carbonyl (C=O) groups is 1. The molecular formula is C8H10O. The van der Waals surface area contributed by atoms with Gasteiger partial charge in [0.25, 0.3) is 0 Å². The third-order valence-electron chi connectivity index (χ3n) is 2.61. The second-order valence-electron chi connectivity index (χ2n) is 3.08. The van der Waals surface area contributed by atoms with Crippen LogP contribution in [-0.2, 0) is 4.79 Å². The van der Waals surface area contributed by atoms with Crippen LogP contribution in [0.2, 0.25) is 0 Å². The monoisotopic (exact) mass is 122 g/mol. The maximum absolute atomic E-state index is 10.9. The summed E-state index contributed by atoms with van der Waals surface area (Å²) in [6, 6.07) is 0. The zero-order valence-electron chi connectivity index (χ0n) is 5.39. The highest BCUT2D eigenvalue weighted by Crippen LogP contribution is 2.47. The highest BCUT2D eigenvalue weighted by molar-refractivity contribution is 5.86. The van der Waals surface area contributed by atoms with Crippen molar-refractivity contribution in [2.24, 2.45) is 11.8 Å². The van der Waals surface area contributed by atoms with Crippen LogP contribution in [0.3, 0.4) is 0 Å². The maximum atomic E-state index is 10.9. The minimum Gasteiger partial charge on any atom is -0.299 e. The fraction of sp³-hybridized carbons (Fsp3) is 0.625. The smallest absolute Gasteiger partial charge is 0.136 e. The van der Waals surface area contributed by atoms with Crippen LogP contribution in [0.5, 0.6) is 0 Å². The molecule has 0 spiro atoms. The lowest BCUT2D eigenvalue weighted by atomic mass is 9.72. The SMILES string of the molecule is C=C1CC2C(=O)CCC12. The van der Waals surface area contributed by atoms with Crippen LogP contribution in [0.1, 0.15) is 19.3 Å². The quantitative estimate of drug-likeness (QED) is 0.445. The van der Waals surface area contributed by atoms with Crippen molar-refractivity contribution in [3.05, 3.63) is 12.2 Å². The molecule has 1 nitrogen and oxygen atoms in total. The van der Waals surface area contributed by atoms with Gasteiger partial charge < -0.3 is 0 Å². The third-order valence-corrected chi connectivity index (χ3v) is 2.61. The molecule has 0 amide bonds. The predicted octanol–water partition coefficient (Wildman–Crippen LogP) is 1.54. The molecule has 0 aromatic rings. The first-order valence-electron chi connectivity index (χ1n) is 3.49. The van der Waals surface area contributed by atoms with Crippen molar-refractivity contribution in [3.63, 3.8) is 0 Å². The topological polar surface area (TPSA) is 17.1 Å². The molecule has 0 N–H and O–H groups in total. The molecule has 1 heteroatoms. The Labute approximate surface area is 54.8 Å². The Kier molecular flexibility index (Phi) is 0.850. The molecule has 2 saturated carbocycles. The van der Waals surface area contributed by atoms with Crippen LogP contribution in [0.15, 0.2) is 12.2 Å². The van der Waals surface area contributed by atoms with Crippen molar-refractivity contribution in [2.45, 2.75) is 19.3 Å². The van der Waals surface area contributed by atoms with Crippen molar-refractivity contribution < 1.29 is 4.79 Å². The molecule has 0 saturated heterocycles. The Morgan fingerprint density at radius 2 is 2.22 bits per heavy atom. The van der Waals surface area contributed by atoms with E-state index >= 15 is 0 Å². The van der Waals surface area contributed by atoms with Crippen molar-refractivity contribution in [1.82, 2.24) is 0 Å². The summed E-state index contributed by atoms with van der Waals surface area (Å²) < 4.78 is 0. The zero-order chi connectivity index (χ0) is 6.43. The van der Waals surface area contributed by atoms with E-state index < -0.39 is 0 Å². The van der Waals surface area contributed by atoms with Gasteiger partial charge in [0, 0.05) is 12.3 Å². The summed E-state index contributed by atoms with van der Waals surface area (Å²) in [6.45, 7) is 3.89. The summed E-state index contributed by atoms with van der Waals surface area (Å²) in [7, 11) is 0. The largest absolute Gasteiger partial charge is 0.299 e. The average Bonchev–Trinajstić information content (AvgIpc) is 2.07. The van der Waals surface area contributed by atoms with E-state index in [1.54, 1.807) is 0 Å². The Balaban J connectivity index is 2.20. The van der Waals surface area contributed by atoms with Crippen LogP contribution in [0.4, 0.5) is 0 Å². The average molecular weight is 122 g/mol. The molecule has 2 unspecified atom stereocenters. The van der Waals surface area contributed by atoms with Gasteiger partial charge in [0.2, 0.25) is 0 Å². The van der Waals surface area contributed by atoms with E-state index in [1.165, 1.54) is 5.57 Å². The third kappa shape index (κ3) is 0.521. The standard InChI is InChI=1S/C8H10O/c1-5-4-7-6(5)2-3-8(7)9/h6-7H,1-4H2. The molecular weight excluding hydrogens is 112 g/mol. The Morgan fingerprint density at radius 3 is 2.67 bits per heavy atom. The van der Waals surface area contributed by atoms with E-state index in [1.807, 2.05) is 0 Å². The number of allylic oxidation sites excluding steroid dienone is 1. The van der Waals surface area contributed by atoms with Gasteiger partial charge in [-0.2, -0.15) is 0 Å².